The highest BCUT2D eigenvalue weighted by atomic mass is 35.5. The smallest absolute Gasteiger partial charge is 0.308 e. The van der Waals surface area contributed by atoms with Crippen LogP contribution in [0.2, 0.25) is 5.02 Å². The van der Waals surface area contributed by atoms with Gasteiger partial charge in [0.05, 0.1) is 4.90 Å². The fourth-order valence-corrected chi connectivity index (χ4v) is 3.01. The second-order valence-electron chi connectivity index (χ2n) is 4.78. The number of benzene rings is 2. The summed E-state index contributed by atoms with van der Waals surface area (Å²) in [4.78, 5) is 22.7. The fourth-order valence-electron chi connectivity index (χ4n) is 1.83. The molecule has 0 saturated carbocycles. The Kier molecular flexibility index (Phi) is 5.42. The van der Waals surface area contributed by atoms with Gasteiger partial charge in [-0.2, -0.15) is 0 Å². The Morgan fingerprint density at radius 3 is 2.17 bits per heavy atom. The predicted molar refractivity (Wildman–Crippen MR) is 91.5 cm³/mol. The van der Waals surface area contributed by atoms with Gasteiger partial charge in [0.15, 0.2) is 0 Å². The van der Waals surface area contributed by atoms with Crippen LogP contribution >= 0.6 is 11.6 Å². The molecule has 0 aliphatic rings. The average Bonchev–Trinajstić information content (AvgIpc) is 2.46. The van der Waals surface area contributed by atoms with Gasteiger partial charge in [-0.15, -0.1) is 0 Å². The minimum absolute atomic E-state index is 0.0847. The summed E-state index contributed by atoms with van der Waals surface area (Å²) >= 11 is 5.83. The van der Waals surface area contributed by atoms with Crippen molar-refractivity contribution < 1.29 is 18.0 Å². The van der Waals surface area contributed by atoms with E-state index in [1.165, 1.54) is 24.3 Å². The monoisotopic (exact) mass is 367 g/mol. The first-order valence-electron chi connectivity index (χ1n) is 6.73. The number of sulfonamides is 1. The number of urea groups is 1. The topological polar surface area (TPSA) is 104 Å². The van der Waals surface area contributed by atoms with Crippen LogP contribution in [0.25, 0.3) is 0 Å². The van der Waals surface area contributed by atoms with Gasteiger partial charge in [-0.1, -0.05) is 17.7 Å². The third-order valence-electron chi connectivity index (χ3n) is 2.78. The largest absolute Gasteiger partial charge is 0.323 e. The molecule has 0 aliphatic carbocycles. The SMILES string of the molecule is CC(=O)NS(=O)(=O)c1ccc(NC(=O)Nc2cccc(Cl)c2)cc1. The number of nitrogens with one attached hydrogen (secondary N) is 3. The Labute approximate surface area is 144 Å². The molecule has 0 fully saturated rings. The maximum atomic E-state index is 11.9. The Morgan fingerprint density at radius 1 is 0.958 bits per heavy atom. The second-order valence-corrected chi connectivity index (χ2v) is 6.89. The standard InChI is InChI=1S/C15H14ClN3O4S/c1-10(20)19-24(22,23)14-7-5-12(6-8-14)17-15(21)18-13-4-2-3-11(16)9-13/h2-9H,1H3,(H,19,20)(H2,17,18,21). The van der Waals surface area contributed by atoms with Crippen molar-refractivity contribution in [1.82, 2.24) is 4.72 Å². The van der Waals surface area contributed by atoms with Crippen LogP contribution in [0.4, 0.5) is 16.2 Å². The van der Waals surface area contributed by atoms with Crippen molar-refractivity contribution in [2.75, 3.05) is 10.6 Å². The molecule has 24 heavy (non-hydrogen) atoms. The van der Waals surface area contributed by atoms with Crippen molar-refractivity contribution in [3.8, 4) is 0 Å². The Hall–Kier alpha value is -2.58. The lowest BCUT2D eigenvalue weighted by atomic mass is 10.3. The summed E-state index contributed by atoms with van der Waals surface area (Å²) in [6, 6.07) is 11.5. The van der Waals surface area contributed by atoms with E-state index >= 15 is 0 Å². The Balaban J connectivity index is 2.03. The van der Waals surface area contributed by atoms with Crippen LogP contribution in [-0.2, 0) is 14.8 Å². The second kappa shape index (κ2) is 7.33. The number of rotatable bonds is 4. The predicted octanol–water partition coefficient (Wildman–Crippen LogP) is 2.81. The van der Waals surface area contributed by atoms with E-state index in [-0.39, 0.29) is 4.90 Å². The molecule has 9 heteroatoms. The minimum Gasteiger partial charge on any atom is -0.308 e. The number of carbonyl (C=O) groups excluding carboxylic acids is 2. The third kappa shape index (κ3) is 4.97. The lowest BCUT2D eigenvalue weighted by Crippen LogP contribution is -2.28. The van der Waals surface area contributed by atoms with Crippen LogP contribution in [0.1, 0.15) is 6.92 Å². The molecule has 0 radical (unpaired) electrons. The van der Waals surface area contributed by atoms with Gasteiger partial charge in [-0.3, -0.25) is 4.79 Å². The zero-order valence-electron chi connectivity index (χ0n) is 12.5. The summed E-state index contributed by atoms with van der Waals surface area (Å²) in [5.74, 6) is -0.682. The number of halogens is 1. The number of hydrogen-bond donors (Lipinski definition) is 3. The van der Waals surface area contributed by atoms with Crippen molar-refractivity contribution in [1.29, 1.82) is 0 Å². The molecule has 2 aromatic rings. The highest BCUT2D eigenvalue weighted by Gasteiger charge is 2.15. The van der Waals surface area contributed by atoms with Crippen molar-refractivity contribution in [2.45, 2.75) is 11.8 Å². The molecule has 7 nitrogen and oxygen atoms in total. The highest BCUT2D eigenvalue weighted by molar-refractivity contribution is 7.90. The molecule has 3 N–H and O–H groups in total. The molecule has 0 bridgehead atoms. The molecule has 126 valence electrons. The maximum Gasteiger partial charge on any atom is 0.323 e. The van der Waals surface area contributed by atoms with Gasteiger partial charge < -0.3 is 10.6 Å². The first kappa shape index (κ1) is 17.8. The lowest BCUT2D eigenvalue weighted by molar-refractivity contribution is -0.117. The van der Waals surface area contributed by atoms with Crippen LogP contribution in [0.5, 0.6) is 0 Å². The molecule has 2 aromatic carbocycles. The van der Waals surface area contributed by atoms with Crippen LogP contribution in [0, 0.1) is 0 Å². The van der Waals surface area contributed by atoms with E-state index in [0.717, 1.165) is 6.92 Å². The van der Waals surface area contributed by atoms with E-state index in [1.807, 2.05) is 4.72 Å². The quantitative estimate of drug-likeness (QED) is 0.772. The van der Waals surface area contributed by atoms with Crippen molar-refractivity contribution in [2.24, 2.45) is 0 Å². The molecule has 0 unspecified atom stereocenters. The van der Waals surface area contributed by atoms with Crippen LogP contribution in [0.15, 0.2) is 53.4 Å². The van der Waals surface area contributed by atoms with Crippen LogP contribution in [0.3, 0.4) is 0 Å². The fraction of sp³-hybridized carbons (Fsp3) is 0.0667. The first-order valence-corrected chi connectivity index (χ1v) is 8.59. The summed E-state index contributed by atoms with van der Waals surface area (Å²) in [6.07, 6.45) is 0. The molecule has 0 heterocycles. The Bertz CT molecular complexity index is 867. The minimum atomic E-state index is -3.90. The third-order valence-corrected chi connectivity index (χ3v) is 4.47. The van der Waals surface area contributed by atoms with E-state index in [2.05, 4.69) is 10.6 Å². The summed E-state index contributed by atoms with van der Waals surface area (Å²) in [7, 11) is -3.90. The molecular formula is C15H14ClN3O4S. The molecule has 0 aromatic heterocycles. The average molecular weight is 368 g/mol. The van der Waals surface area contributed by atoms with E-state index in [9.17, 15) is 18.0 Å². The molecule has 0 saturated heterocycles. The maximum absolute atomic E-state index is 11.9. The zero-order chi connectivity index (χ0) is 17.7. The summed E-state index contributed by atoms with van der Waals surface area (Å²) in [5.41, 5.74) is 0.904. The van der Waals surface area contributed by atoms with Crippen molar-refractivity contribution in [3.63, 3.8) is 0 Å². The van der Waals surface area contributed by atoms with Gasteiger partial charge in [-0.05, 0) is 42.5 Å². The zero-order valence-corrected chi connectivity index (χ0v) is 14.1. The van der Waals surface area contributed by atoms with Gasteiger partial charge in [-0.25, -0.2) is 17.9 Å². The molecular weight excluding hydrogens is 354 g/mol. The number of carbonyl (C=O) groups is 2. The van der Waals surface area contributed by atoms with Gasteiger partial charge in [0, 0.05) is 23.3 Å². The van der Waals surface area contributed by atoms with Gasteiger partial charge in [0.25, 0.3) is 10.0 Å². The molecule has 0 atom stereocenters. The van der Waals surface area contributed by atoms with Crippen molar-refractivity contribution in [3.05, 3.63) is 53.6 Å². The summed E-state index contributed by atoms with van der Waals surface area (Å²) in [6.45, 7) is 1.10. The number of amides is 3. The first-order chi connectivity index (χ1) is 11.3. The van der Waals surface area contributed by atoms with Crippen LogP contribution in [-0.4, -0.2) is 20.4 Å². The van der Waals surface area contributed by atoms with Crippen molar-refractivity contribution >= 4 is 44.9 Å². The van der Waals surface area contributed by atoms with Crippen LogP contribution < -0.4 is 15.4 Å². The molecule has 2 rings (SSSR count). The van der Waals surface area contributed by atoms with E-state index in [4.69, 9.17) is 11.6 Å². The molecule has 0 aliphatic heterocycles. The van der Waals surface area contributed by atoms with E-state index in [0.29, 0.717) is 16.4 Å². The lowest BCUT2D eigenvalue weighted by Gasteiger charge is -2.09. The van der Waals surface area contributed by atoms with Gasteiger partial charge in [0.2, 0.25) is 5.91 Å². The van der Waals surface area contributed by atoms with E-state index in [1.54, 1.807) is 24.3 Å². The Morgan fingerprint density at radius 2 is 1.58 bits per heavy atom. The number of hydrogen-bond acceptors (Lipinski definition) is 4. The number of anilines is 2. The summed E-state index contributed by atoms with van der Waals surface area (Å²) < 4.78 is 25.5. The highest BCUT2D eigenvalue weighted by Crippen LogP contribution is 2.17. The van der Waals surface area contributed by atoms with Gasteiger partial charge in [0.1, 0.15) is 0 Å². The molecule has 3 amide bonds. The van der Waals surface area contributed by atoms with E-state index < -0.39 is 22.0 Å². The van der Waals surface area contributed by atoms with Gasteiger partial charge >= 0.3 is 6.03 Å². The summed E-state index contributed by atoms with van der Waals surface area (Å²) in [5, 5.41) is 5.63. The molecule has 0 spiro atoms. The normalized spacial score (nSPS) is 10.8.